The van der Waals surface area contributed by atoms with E-state index in [-0.39, 0.29) is 0 Å². The van der Waals surface area contributed by atoms with Gasteiger partial charge in [-0.05, 0) is 17.4 Å². The average Bonchev–Trinajstić information content (AvgIpc) is 2.34. The van der Waals surface area contributed by atoms with Crippen LogP contribution < -0.4 is 0 Å². The largest absolute Gasteiger partial charge is 0.388 e. The van der Waals surface area contributed by atoms with E-state index in [1.165, 1.54) is 12.0 Å². The highest BCUT2D eigenvalue weighted by molar-refractivity contribution is 5.22. The van der Waals surface area contributed by atoms with Gasteiger partial charge in [-0.1, -0.05) is 65.0 Å². The fourth-order valence-corrected chi connectivity index (χ4v) is 1.09. The van der Waals surface area contributed by atoms with Crippen molar-refractivity contribution in [1.29, 1.82) is 0 Å². The smallest absolute Gasteiger partial charge is 0.0351 e. The Labute approximate surface area is 102 Å². The number of benzene rings is 1. The molecule has 0 amide bonds. The second-order valence-electron chi connectivity index (χ2n) is 4.01. The van der Waals surface area contributed by atoms with Crippen LogP contribution in [0.4, 0.5) is 0 Å². The van der Waals surface area contributed by atoms with Crippen molar-refractivity contribution < 1.29 is 4.74 Å². The second kappa shape index (κ2) is 10.7. The molecular formula is C15H28O. The van der Waals surface area contributed by atoms with Crippen molar-refractivity contribution >= 4 is 0 Å². The van der Waals surface area contributed by atoms with Crippen LogP contribution in [-0.4, -0.2) is 14.2 Å². The minimum atomic E-state index is 0.335. The van der Waals surface area contributed by atoms with E-state index < -0.39 is 0 Å². The second-order valence-corrected chi connectivity index (χ2v) is 4.01. The van der Waals surface area contributed by atoms with Crippen LogP contribution in [0.1, 0.15) is 46.6 Å². The van der Waals surface area contributed by atoms with Crippen molar-refractivity contribution in [2.24, 2.45) is 0 Å². The molecule has 94 valence electrons. The fraction of sp³-hybridized carbons (Fsp3) is 0.600. The molecule has 0 fully saturated rings. The summed E-state index contributed by atoms with van der Waals surface area (Å²) in [5.74, 6) is 0. The highest BCUT2D eigenvalue weighted by Gasteiger charge is 2.16. The summed E-state index contributed by atoms with van der Waals surface area (Å²) < 4.78 is 4.25. The number of methoxy groups -OCH3 is 1. The quantitative estimate of drug-likeness (QED) is 0.709. The van der Waals surface area contributed by atoms with Crippen molar-refractivity contribution in [3.63, 3.8) is 0 Å². The molecule has 0 atom stereocenters. The van der Waals surface area contributed by atoms with Crippen LogP contribution in [0.5, 0.6) is 0 Å². The molecule has 0 aliphatic rings. The fourth-order valence-electron chi connectivity index (χ4n) is 1.09. The van der Waals surface area contributed by atoms with E-state index in [1.54, 1.807) is 14.2 Å². The van der Waals surface area contributed by atoms with Gasteiger partial charge in [-0.2, -0.15) is 0 Å². The Hall–Kier alpha value is -0.820. The summed E-state index contributed by atoms with van der Waals surface area (Å²) in [6.45, 7) is 10.8. The Kier molecular flexibility index (Phi) is 11.7. The molecule has 1 rings (SSSR count). The lowest BCUT2D eigenvalue weighted by Crippen LogP contribution is -2.14. The van der Waals surface area contributed by atoms with Crippen molar-refractivity contribution in [3.8, 4) is 0 Å². The van der Waals surface area contributed by atoms with Crippen LogP contribution in [0.25, 0.3) is 0 Å². The highest BCUT2D eigenvalue weighted by Crippen LogP contribution is 2.25. The Morgan fingerprint density at radius 2 is 1.38 bits per heavy atom. The van der Waals surface area contributed by atoms with E-state index in [9.17, 15) is 0 Å². The summed E-state index contributed by atoms with van der Waals surface area (Å²) in [7, 11) is 3.25. The van der Waals surface area contributed by atoms with Gasteiger partial charge in [-0.15, -0.1) is 0 Å². The first-order chi connectivity index (χ1) is 7.58. The van der Waals surface area contributed by atoms with Gasteiger partial charge in [0, 0.05) is 14.2 Å². The predicted molar refractivity (Wildman–Crippen MR) is 74.0 cm³/mol. The molecule has 0 unspecified atom stereocenters. The van der Waals surface area contributed by atoms with Gasteiger partial charge >= 0.3 is 0 Å². The molecule has 0 aliphatic heterocycles. The lowest BCUT2D eigenvalue weighted by molar-refractivity contribution is 0.277. The zero-order chi connectivity index (χ0) is 13.0. The first-order valence-electron chi connectivity index (χ1n) is 6.04. The van der Waals surface area contributed by atoms with E-state index in [2.05, 4.69) is 55.8 Å². The van der Waals surface area contributed by atoms with Gasteiger partial charge in [0.15, 0.2) is 0 Å². The van der Waals surface area contributed by atoms with Crippen molar-refractivity contribution in [2.75, 3.05) is 14.2 Å². The minimum absolute atomic E-state index is 0.335. The maximum atomic E-state index is 4.25. The van der Waals surface area contributed by atoms with E-state index in [0.717, 1.165) is 0 Å². The number of hydrogen-bond acceptors (Lipinski definition) is 1. The molecule has 0 radical (unpaired) electrons. The zero-order valence-corrected chi connectivity index (χ0v) is 12.0. The first-order valence-corrected chi connectivity index (χ1v) is 6.04. The first kappa shape index (κ1) is 17.6. The standard InChI is InChI=1S/C11H16.C2H6O.C2H6/c1-4-11(2,3)10-8-6-5-7-9-10;1-3-2;1-2/h5-9H,4H2,1-3H3;1-2H3;1-2H3. The van der Waals surface area contributed by atoms with Gasteiger partial charge in [0.2, 0.25) is 0 Å². The molecule has 1 heteroatoms. The Morgan fingerprint density at radius 3 is 1.69 bits per heavy atom. The van der Waals surface area contributed by atoms with Crippen LogP contribution in [0.3, 0.4) is 0 Å². The number of ether oxygens (including phenoxy) is 1. The summed E-state index contributed by atoms with van der Waals surface area (Å²) in [6, 6.07) is 10.7. The molecule has 0 saturated heterocycles. The van der Waals surface area contributed by atoms with Gasteiger partial charge in [0.05, 0.1) is 0 Å². The predicted octanol–water partition coefficient (Wildman–Crippen LogP) is 4.66. The monoisotopic (exact) mass is 224 g/mol. The topological polar surface area (TPSA) is 9.23 Å². The lowest BCUT2D eigenvalue weighted by atomic mass is 9.82. The van der Waals surface area contributed by atoms with Crippen molar-refractivity contribution in [2.45, 2.75) is 46.5 Å². The highest BCUT2D eigenvalue weighted by atomic mass is 16.4. The van der Waals surface area contributed by atoms with Gasteiger partial charge in [-0.3, -0.25) is 0 Å². The minimum Gasteiger partial charge on any atom is -0.388 e. The molecule has 1 nitrogen and oxygen atoms in total. The van der Waals surface area contributed by atoms with Gasteiger partial charge in [0.1, 0.15) is 0 Å². The van der Waals surface area contributed by atoms with Crippen LogP contribution in [0.2, 0.25) is 0 Å². The van der Waals surface area contributed by atoms with Gasteiger partial charge in [0.25, 0.3) is 0 Å². The summed E-state index contributed by atoms with van der Waals surface area (Å²) in [5, 5.41) is 0. The molecule has 0 aromatic heterocycles. The van der Waals surface area contributed by atoms with Gasteiger partial charge < -0.3 is 4.74 Å². The molecule has 1 aromatic carbocycles. The van der Waals surface area contributed by atoms with Crippen LogP contribution >= 0.6 is 0 Å². The van der Waals surface area contributed by atoms with Crippen LogP contribution in [-0.2, 0) is 10.2 Å². The molecule has 1 aromatic rings. The average molecular weight is 224 g/mol. The van der Waals surface area contributed by atoms with E-state index >= 15 is 0 Å². The van der Waals surface area contributed by atoms with E-state index in [1.807, 2.05) is 13.8 Å². The lowest BCUT2D eigenvalue weighted by Gasteiger charge is -2.22. The molecule has 16 heavy (non-hydrogen) atoms. The van der Waals surface area contributed by atoms with Gasteiger partial charge in [-0.25, -0.2) is 0 Å². The van der Waals surface area contributed by atoms with Crippen molar-refractivity contribution in [3.05, 3.63) is 35.9 Å². The summed E-state index contributed by atoms with van der Waals surface area (Å²) in [4.78, 5) is 0. The third-order valence-electron chi connectivity index (χ3n) is 2.44. The van der Waals surface area contributed by atoms with Crippen LogP contribution in [0, 0.1) is 0 Å². The molecule has 0 saturated carbocycles. The van der Waals surface area contributed by atoms with Crippen LogP contribution in [0.15, 0.2) is 30.3 Å². The molecule has 0 spiro atoms. The molecule has 0 N–H and O–H groups in total. The SMILES string of the molecule is CC.CCC(C)(C)c1ccccc1.COC. The molecule has 0 heterocycles. The summed E-state index contributed by atoms with van der Waals surface area (Å²) in [6.07, 6.45) is 1.19. The van der Waals surface area contributed by atoms with E-state index in [0.29, 0.717) is 5.41 Å². The molecule has 0 bridgehead atoms. The zero-order valence-electron chi connectivity index (χ0n) is 12.0. The molecule has 0 aliphatic carbocycles. The maximum absolute atomic E-state index is 4.25. The third kappa shape index (κ3) is 7.47. The Bertz CT molecular complexity index is 226. The van der Waals surface area contributed by atoms with E-state index in [4.69, 9.17) is 0 Å². The Balaban J connectivity index is 0. The number of rotatable bonds is 2. The van der Waals surface area contributed by atoms with Crippen molar-refractivity contribution in [1.82, 2.24) is 0 Å². The summed E-state index contributed by atoms with van der Waals surface area (Å²) in [5.41, 5.74) is 1.77. The summed E-state index contributed by atoms with van der Waals surface area (Å²) >= 11 is 0. The maximum Gasteiger partial charge on any atom is 0.0351 e. The molecular weight excluding hydrogens is 196 g/mol. The Morgan fingerprint density at radius 1 is 1.00 bits per heavy atom. The number of hydrogen-bond donors (Lipinski definition) is 0. The third-order valence-corrected chi connectivity index (χ3v) is 2.44. The normalized spacial score (nSPS) is 9.44.